The molecule has 2 heterocycles. The third kappa shape index (κ3) is 2.52. The summed E-state index contributed by atoms with van der Waals surface area (Å²) >= 11 is 6.11. The quantitative estimate of drug-likeness (QED) is 0.760. The van der Waals surface area contributed by atoms with E-state index < -0.39 is 0 Å². The Labute approximate surface area is 106 Å². The van der Waals surface area contributed by atoms with Gasteiger partial charge in [-0.05, 0) is 31.4 Å². The summed E-state index contributed by atoms with van der Waals surface area (Å²) in [5.74, 6) is 0.454. The van der Waals surface area contributed by atoms with Gasteiger partial charge in [0.25, 0.3) is 0 Å². The highest BCUT2D eigenvalue weighted by atomic mass is 35.5. The lowest BCUT2D eigenvalue weighted by atomic mass is 10.0. The minimum absolute atomic E-state index is 0.216. The molecule has 1 aromatic heterocycles. The number of carbonyl (C=O) groups excluding carboxylic acids is 1. The highest BCUT2D eigenvalue weighted by molar-refractivity contribution is 6.33. The van der Waals surface area contributed by atoms with Crippen LogP contribution in [0.25, 0.3) is 0 Å². The summed E-state index contributed by atoms with van der Waals surface area (Å²) in [5.41, 5.74) is 0. The van der Waals surface area contributed by atoms with Gasteiger partial charge in [0, 0.05) is 12.7 Å². The van der Waals surface area contributed by atoms with Crippen molar-refractivity contribution >= 4 is 23.4 Å². The predicted molar refractivity (Wildman–Crippen MR) is 66.2 cm³/mol. The van der Waals surface area contributed by atoms with Crippen LogP contribution in [0.5, 0.6) is 0 Å². The summed E-state index contributed by atoms with van der Waals surface area (Å²) in [7, 11) is 1.41. The number of esters is 1. The summed E-state index contributed by atoms with van der Waals surface area (Å²) in [6, 6.07) is 3.30. The van der Waals surface area contributed by atoms with Crippen molar-refractivity contribution in [3.63, 3.8) is 0 Å². The van der Waals surface area contributed by atoms with Crippen LogP contribution in [0.3, 0.4) is 0 Å². The Morgan fingerprint density at radius 3 is 3.12 bits per heavy atom. The SMILES string of the molecule is COC(=O)C1CCCCN1c1ncccc1Cl. The van der Waals surface area contributed by atoms with E-state index in [-0.39, 0.29) is 12.0 Å². The zero-order chi connectivity index (χ0) is 12.3. The second-order valence-electron chi connectivity index (χ2n) is 4.04. The van der Waals surface area contributed by atoms with Crippen molar-refractivity contribution < 1.29 is 9.53 Å². The molecule has 1 atom stereocenters. The molecule has 1 saturated heterocycles. The Kier molecular flexibility index (Phi) is 3.84. The number of hydrogen-bond acceptors (Lipinski definition) is 4. The Morgan fingerprint density at radius 1 is 1.59 bits per heavy atom. The molecule has 0 radical (unpaired) electrons. The number of hydrogen-bond donors (Lipinski definition) is 0. The van der Waals surface area contributed by atoms with Crippen molar-refractivity contribution in [3.05, 3.63) is 23.4 Å². The van der Waals surface area contributed by atoms with E-state index >= 15 is 0 Å². The van der Waals surface area contributed by atoms with E-state index in [1.165, 1.54) is 7.11 Å². The van der Waals surface area contributed by atoms with Gasteiger partial charge in [0.2, 0.25) is 0 Å². The molecular weight excluding hydrogens is 240 g/mol. The number of anilines is 1. The number of rotatable bonds is 2. The van der Waals surface area contributed by atoms with E-state index in [0.29, 0.717) is 10.8 Å². The molecular formula is C12H15ClN2O2. The maximum Gasteiger partial charge on any atom is 0.328 e. The van der Waals surface area contributed by atoms with Crippen molar-refractivity contribution in [2.45, 2.75) is 25.3 Å². The average Bonchev–Trinajstić information content (AvgIpc) is 2.38. The van der Waals surface area contributed by atoms with E-state index in [2.05, 4.69) is 4.98 Å². The Morgan fingerprint density at radius 2 is 2.41 bits per heavy atom. The lowest BCUT2D eigenvalue weighted by molar-refractivity contribution is -0.142. The second kappa shape index (κ2) is 5.36. The molecule has 1 aliphatic rings. The van der Waals surface area contributed by atoms with Crippen molar-refractivity contribution in [2.24, 2.45) is 0 Å². The molecule has 4 nitrogen and oxygen atoms in total. The molecule has 1 aromatic rings. The smallest absolute Gasteiger partial charge is 0.328 e. The predicted octanol–water partition coefficient (Wildman–Crippen LogP) is 2.27. The lowest BCUT2D eigenvalue weighted by Crippen LogP contribution is -2.45. The van der Waals surface area contributed by atoms with Crippen LogP contribution in [0.4, 0.5) is 5.82 Å². The molecule has 92 valence electrons. The van der Waals surface area contributed by atoms with Crippen LogP contribution in [-0.4, -0.2) is 30.6 Å². The number of aromatic nitrogens is 1. The van der Waals surface area contributed by atoms with Gasteiger partial charge < -0.3 is 9.64 Å². The topological polar surface area (TPSA) is 42.4 Å². The maximum atomic E-state index is 11.7. The fraction of sp³-hybridized carbons (Fsp3) is 0.500. The minimum atomic E-state index is -0.263. The normalized spacial score (nSPS) is 20.1. The summed E-state index contributed by atoms with van der Waals surface area (Å²) in [5, 5.41) is 0.573. The number of ether oxygens (including phenoxy) is 1. The fourth-order valence-electron chi connectivity index (χ4n) is 2.15. The van der Waals surface area contributed by atoms with Crippen molar-refractivity contribution in [2.75, 3.05) is 18.6 Å². The standard InChI is InChI=1S/C12H15ClN2O2/c1-17-12(16)10-6-2-3-8-15(10)11-9(13)5-4-7-14-11/h4-5,7,10H,2-3,6,8H2,1H3. The number of methoxy groups -OCH3 is 1. The number of carbonyl (C=O) groups is 1. The molecule has 0 bridgehead atoms. The molecule has 0 saturated carbocycles. The van der Waals surface area contributed by atoms with Crippen LogP contribution in [0.1, 0.15) is 19.3 Å². The number of nitrogens with zero attached hydrogens (tertiary/aromatic N) is 2. The molecule has 0 N–H and O–H groups in total. The van der Waals surface area contributed by atoms with Crippen LogP contribution in [0.15, 0.2) is 18.3 Å². The van der Waals surface area contributed by atoms with Gasteiger partial charge in [-0.1, -0.05) is 11.6 Å². The average molecular weight is 255 g/mol. The van der Waals surface area contributed by atoms with Gasteiger partial charge in [0.15, 0.2) is 0 Å². The number of halogens is 1. The third-order valence-electron chi connectivity index (χ3n) is 2.99. The molecule has 1 unspecified atom stereocenters. The largest absolute Gasteiger partial charge is 0.467 e. The van der Waals surface area contributed by atoms with Gasteiger partial charge in [-0.2, -0.15) is 0 Å². The summed E-state index contributed by atoms with van der Waals surface area (Å²) in [4.78, 5) is 17.9. The lowest BCUT2D eigenvalue weighted by Gasteiger charge is -2.35. The molecule has 5 heteroatoms. The zero-order valence-electron chi connectivity index (χ0n) is 9.73. The third-order valence-corrected chi connectivity index (χ3v) is 3.28. The van der Waals surface area contributed by atoms with Gasteiger partial charge in [0.1, 0.15) is 11.9 Å². The van der Waals surface area contributed by atoms with Crippen molar-refractivity contribution in [1.82, 2.24) is 4.98 Å². The van der Waals surface area contributed by atoms with Crippen LogP contribution in [0.2, 0.25) is 5.02 Å². The Bertz CT molecular complexity index is 411. The van der Waals surface area contributed by atoms with Crippen molar-refractivity contribution in [1.29, 1.82) is 0 Å². The fourth-order valence-corrected chi connectivity index (χ4v) is 2.38. The van der Waals surface area contributed by atoms with Crippen LogP contribution in [-0.2, 0) is 9.53 Å². The molecule has 1 aliphatic heterocycles. The van der Waals surface area contributed by atoms with E-state index in [1.807, 2.05) is 4.90 Å². The molecule has 1 fully saturated rings. The van der Waals surface area contributed by atoms with Gasteiger partial charge in [0.05, 0.1) is 12.1 Å². The Hall–Kier alpha value is -1.29. The monoisotopic (exact) mass is 254 g/mol. The summed E-state index contributed by atoms with van der Waals surface area (Å²) in [6.45, 7) is 0.788. The first-order valence-electron chi connectivity index (χ1n) is 5.69. The molecule has 17 heavy (non-hydrogen) atoms. The van der Waals surface area contributed by atoms with Gasteiger partial charge in [-0.3, -0.25) is 0 Å². The number of piperidine rings is 1. The molecule has 0 aromatic carbocycles. The van der Waals surface area contributed by atoms with E-state index in [4.69, 9.17) is 16.3 Å². The van der Waals surface area contributed by atoms with E-state index in [0.717, 1.165) is 25.8 Å². The van der Waals surface area contributed by atoms with E-state index in [1.54, 1.807) is 18.3 Å². The zero-order valence-corrected chi connectivity index (χ0v) is 10.5. The van der Waals surface area contributed by atoms with Gasteiger partial charge in [-0.25, -0.2) is 9.78 Å². The van der Waals surface area contributed by atoms with E-state index in [9.17, 15) is 4.79 Å². The molecule has 0 amide bonds. The first-order valence-corrected chi connectivity index (χ1v) is 6.07. The number of pyridine rings is 1. The van der Waals surface area contributed by atoms with Crippen LogP contribution in [0, 0.1) is 0 Å². The van der Waals surface area contributed by atoms with Crippen LogP contribution >= 0.6 is 11.6 Å². The Balaban J connectivity index is 2.28. The highest BCUT2D eigenvalue weighted by Crippen LogP contribution is 2.29. The first kappa shape index (κ1) is 12.2. The second-order valence-corrected chi connectivity index (χ2v) is 4.44. The molecule has 0 aliphatic carbocycles. The molecule has 2 rings (SSSR count). The van der Waals surface area contributed by atoms with Gasteiger partial charge >= 0.3 is 5.97 Å². The summed E-state index contributed by atoms with van der Waals surface area (Å²) < 4.78 is 4.83. The molecule has 0 spiro atoms. The van der Waals surface area contributed by atoms with Gasteiger partial charge in [-0.15, -0.1) is 0 Å². The van der Waals surface area contributed by atoms with Crippen LogP contribution < -0.4 is 4.90 Å². The minimum Gasteiger partial charge on any atom is -0.467 e. The van der Waals surface area contributed by atoms with Crippen molar-refractivity contribution in [3.8, 4) is 0 Å². The maximum absolute atomic E-state index is 11.7. The first-order chi connectivity index (χ1) is 8.24. The highest BCUT2D eigenvalue weighted by Gasteiger charge is 2.31. The summed E-state index contributed by atoms with van der Waals surface area (Å²) in [6.07, 6.45) is 4.55.